The van der Waals surface area contributed by atoms with Crippen LogP contribution in [0.25, 0.3) is 0 Å². The fourth-order valence-corrected chi connectivity index (χ4v) is 3.21. The number of likely N-dealkylation sites (tertiary alicyclic amines) is 1. The van der Waals surface area contributed by atoms with Gasteiger partial charge >= 0.3 is 0 Å². The minimum atomic E-state index is -3.86. The second-order valence-electron chi connectivity index (χ2n) is 5.54. The Balaban J connectivity index is 1.68. The molecule has 1 saturated carbocycles. The first-order valence-corrected chi connectivity index (χ1v) is 8.31. The van der Waals surface area contributed by atoms with E-state index in [0.717, 1.165) is 31.6 Å². The number of hydrogen-bond acceptors (Lipinski definition) is 4. The number of nitrogens with two attached hydrogens (primary N) is 1. The van der Waals surface area contributed by atoms with Crippen molar-refractivity contribution in [1.29, 1.82) is 0 Å². The zero-order chi connectivity index (χ0) is 14.3. The molecule has 0 radical (unpaired) electrons. The van der Waals surface area contributed by atoms with Gasteiger partial charge in [-0.3, -0.25) is 4.90 Å². The molecule has 1 aromatic rings. The molecule has 0 aromatic heterocycles. The van der Waals surface area contributed by atoms with E-state index in [1.54, 1.807) is 0 Å². The van der Waals surface area contributed by atoms with Gasteiger partial charge in [-0.05, 0) is 37.5 Å². The van der Waals surface area contributed by atoms with Crippen LogP contribution in [0.3, 0.4) is 0 Å². The Labute approximate surface area is 118 Å². The molecule has 3 rings (SSSR count). The highest BCUT2D eigenvalue weighted by Crippen LogP contribution is 2.31. The zero-order valence-electron chi connectivity index (χ0n) is 11.0. The van der Waals surface area contributed by atoms with Gasteiger partial charge in [-0.25, -0.2) is 17.9 Å². The van der Waals surface area contributed by atoms with Gasteiger partial charge in [-0.15, -0.1) is 0 Å². The standard InChI is InChI=1S/C13H18FN3O2S/c14-12-7-11(20(15,18)19)3-4-13(12)16-9-5-6-17(8-9)10-1-2-10/h3-4,7,9-10,16H,1-2,5-6,8H2,(H2,15,18,19). The molecular formula is C13H18FN3O2S. The van der Waals surface area contributed by atoms with E-state index in [1.165, 1.54) is 25.0 Å². The lowest BCUT2D eigenvalue weighted by Crippen LogP contribution is -2.28. The van der Waals surface area contributed by atoms with Crippen molar-refractivity contribution in [1.82, 2.24) is 4.90 Å². The van der Waals surface area contributed by atoms with E-state index in [-0.39, 0.29) is 10.9 Å². The molecule has 1 atom stereocenters. The van der Waals surface area contributed by atoms with Crippen LogP contribution in [-0.4, -0.2) is 38.5 Å². The molecule has 2 fully saturated rings. The van der Waals surface area contributed by atoms with Crippen molar-refractivity contribution >= 4 is 15.7 Å². The maximum absolute atomic E-state index is 13.9. The van der Waals surface area contributed by atoms with Crippen molar-refractivity contribution in [3.8, 4) is 0 Å². The smallest absolute Gasteiger partial charge is 0.238 e. The molecule has 1 aromatic carbocycles. The lowest BCUT2D eigenvalue weighted by molar-refractivity contribution is 0.326. The first-order valence-electron chi connectivity index (χ1n) is 6.76. The van der Waals surface area contributed by atoms with Crippen molar-refractivity contribution in [2.45, 2.75) is 36.2 Å². The molecule has 1 aliphatic carbocycles. The summed E-state index contributed by atoms with van der Waals surface area (Å²) < 4.78 is 36.2. The second-order valence-corrected chi connectivity index (χ2v) is 7.10. The minimum Gasteiger partial charge on any atom is -0.379 e. The molecule has 1 aliphatic heterocycles. The van der Waals surface area contributed by atoms with Crippen molar-refractivity contribution in [3.05, 3.63) is 24.0 Å². The summed E-state index contributed by atoms with van der Waals surface area (Å²) in [4.78, 5) is 2.22. The van der Waals surface area contributed by atoms with Crippen LogP contribution in [-0.2, 0) is 10.0 Å². The molecule has 2 aliphatic rings. The number of sulfonamides is 1. The summed E-state index contributed by atoms with van der Waals surface area (Å²) in [7, 11) is -3.86. The van der Waals surface area contributed by atoms with Crippen molar-refractivity contribution in [2.75, 3.05) is 18.4 Å². The van der Waals surface area contributed by atoms with E-state index in [2.05, 4.69) is 10.2 Å². The van der Waals surface area contributed by atoms with Gasteiger partial charge in [0.1, 0.15) is 5.82 Å². The van der Waals surface area contributed by atoms with Crippen LogP contribution >= 0.6 is 0 Å². The number of hydrogen-bond donors (Lipinski definition) is 2. The Bertz CT molecular complexity index is 616. The largest absolute Gasteiger partial charge is 0.379 e. The van der Waals surface area contributed by atoms with Crippen LogP contribution in [0.2, 0.25) is 0 Å². The summed E-state index contributed by atoms with van der Waals surface area (Å²) in [5.41, 5.74) is 0.333. The lowest BCUT2D eigenvalue weighted by atomic mass is 10.2. The van der Waals surface area contributed by atoms with Gasteiger partial charge in [-0.1, -0.05) is 0 Å². The maximum atomic E-state index is 13.9. The summed E-state index contributed by atoms with van der Waals surface area (Å²) in [5.74, 6) is -0.582. The van der Waals surface area contributed by atoms with Gasteiger partial charge < -0.3 is 5.32 Å². The van der Waals surface area contributed by atoms with E-state index >= 15 is 0 Å². The molecule has 1 heterocycles. The number of benzene rings is 1. The number of primary sulfonamides is 1. The molecule has 5 nitrogen and oxygen atoms in total. The van der Waals surface area contributed by atoms with Crippen molar-refractivity contribution in [3.63, 3.8) is 0 Å². The Morgan fingerprint density at radius 3 is 2.65 bits per heavy atom. The Kier molecular flexibility index (Phi) is 3.43. The molecular weight excluding hydrogens is 281 g/mol. The van der Waals surface area contributed by atoms with Crippen molar-refractivity contribution in [2.24, 2.45) is 5.14 Å². The van der Waals surface area contributed by atoms with Crippen LogP contribution in [0, 0.1) is 5.82 Å². The average Bonchev–Trinajstić information content (AvgIpc) is 3.11. The van der Waals surface area contributed by atoms with Gasteiger partial charge in [0, 0.05) is 25.2 Å². The SMILES string of the molecule is NS(=O)(=O)c1ccc(NC2CCN(C3CC3)C2)c(F)c1. The highest BCUT2D eigenvalue weighted by molar-refractivity contribution is 7.89. The summed E-state index contributed by atoms with van der Waals surface area (Å²) in [6.45, 7) is 1.96. The highest BCUT2D eigenvalue weighted by Gasteiger charge is 2.34. The molecule has 7 heteroatoms. The Morgan fingerprint density at radius 2 is 2.05 bits per heavy atom. The van der Waals surface area contributed by atoms with Crippen LogP contribution in [0.15, 0.2) is 23.1 Å². The summed E-state index contributed by atoms with van der Waals surface area (Å²) in [5, 5.41) is 8.12. The normalized spacial score (nSPS) is 24.0. The van der Waals surface area contributed by atoms with E-state index in [0.29, 0.717) is 5.69 Å². The van der Waals surface area contributed by atoms with Crippen LogP contribution < -0.4 is 10.5 Å². The van der Waals surface area contributed by atoms with Gasteiger partial charge in [0.25, 0.3) is 0 Å². The van der Waals surface area contributed by atoms with Crippen LogP contribution in [0.4, 0.5) is 10.1 Å². The molecule has 1 saturated heterocycles. The summed E-state index contributed by atoms with van der Waals surface area (Å²) in [6, 6.07) is 4.66. The number of nitrogens with one attached hydrogen (secondary N) is 1. The van der Waals surface area contributed by atoms with Crippen LogP contribution in [0.1, 0.15) is 19.3 Å². The summed E-state index contributed by atoms with van der Waals surface area (Å²) >= 11 is 0. The van der Waals surface area contributed by atoms with E-state index in [9.17, 15) is 12.8 Å². The monoisotopic (exact) mass is 299 g/mol. The molecule has 0 spiro atoms. The van der Waals surface area contributed by atoms with Gasteiger partial charge in [0.05, 0.1) is 10.6 Å². The first kappa shape index (κ1) is 13.8. The van der Waals surface area contributed by atoms with E-state index in [1.807, 2.05) is 0 Å². The van der Waals surface area contributed by atoms with E-state index < -0.39 is 15.8 Å². The van der Waals surface area contributed by atoms with Gasteiger partial charge in [0.15, 0.2) is 0 Å². The number of anilines is 1. The number of nitrogens with zero attached hydrogens (tertiary/aromatic N) is 1. The molecule has 110 valence electrons. The van der Waals surface area contributed by atoms with E-state index in [4.69, 9.17) is 5.14 Å². The zero-order valence-corrected chi connectivity index (χ0v) is 11.9. The molecule has 0 bridgehead atoms. The predicted octanol–water partition coefficient (Wildman–Crippen LogP) is 1.12. The maximum Gasteiger partial charge on any atom is 0.238 e. The molecule has 0 amide bonds. The van der Waals surface area contributed by atoms with Gasteiger partial charge in [0.2, 0.25) is 10.0 Å². The third-order valence-corrected chi connectivity index (χ3v) is 4.82. The predicted molar refractivity (Wildman–Crippen MR) is 74.4 cm³/mol. The third-order valence-electron chi connectivity index (χ3n) is 3.91. The lowest BCUT2D eigenvalue weighted by Gasteiger charge is -2.17. The Hall–Kier alpha value is -1.18. The Morgan fingerprint density at radius 1 is 1.30 bits per heavy atom. The first-order chi connectivity index (χ1) is 9.43. The average molecular weight is 299 g/mol. The van der Waals surface area contributed by atoms with Crippen molar-refractivity contribution < 1.29 is 12.8 Å². The summed E-state index contributed by atoms with van der Waals surface area (Å²) in [6.07, 6.45) is 3.52. The second kappa shape index (κ2) is 4.98. The topological polar surface area (TPSA) is 75.4 Å². The third kappa shape index (κ3) is 2.94. The molecule has 3 N–H and O–H groups in total. The van der Waals surface area contributed by atoms with Crippen LogP contribution in [0.5, 0.6) is 0 Å². The fourth-order valence-electron chi connectivity index (χ4n) is 2.69. The fraction of sp³-hybridized carbons (Fsp3) is 0.538. The molecule has 1 unspecified atom stereocenters. The minimum absolute atomic E-state index is 0.202. The number of halogens is 1. The van der Waals surface area contributed by atoms with Gasteiger partial charge in [-0.2, -0.15) is 0 Å². The molecule has 20 heavy (non-hydrogen) atoms. The highest BCUT2D eigenvalue weighted by atomic mass is 32.2. The quantitative estimate of drug-likeness (QED) is 0.873. The number of rotatable bonds is 4.